The zero-order valence-corrected chi connectivity index (χ0v) is 16.7. The highest BCUT2D eigenvalue weighted by Crippen LogP contribution is 2.17. The van der Waals surface area contributed by atoms with Crippen LogP contribution in [-0.2, 0) is 19.6 Å². The standard InChI is InChI=1S/C21H16F2N2O5S/c22-18-11-8-16(12-19(18)23)24-20(26)13-30-21(27)14-6-9-17(10-7-14)31(28,29)25-15-4-2-1-3-5-15/h1-12,25H,13H2,(H,24,26). The van der Waals surface area contributed by atoms with Crippen LogP contribution in [0, 0.1) is 11.6 Å². The molecule has 0 aliphatic rings. The quantitative estimate of drug-likeness (QED) is 0.541. The third kappa shape index (κ3) is 5.86. The normalized spacial score (nSPS) is 10.9. The third-order valence-corrected chi connectivity index (χ3v) is 5.36. The largest absolute Gasteiger partial charge is 0.452 e. The third-order valence-electron chi connectivity index (χ3n) is 3.96. The minimum atomic E-state index is -3.85. The number of rotatable bonds is 7. The number of benzene rings is 3. The van der Waals surface area contributed by atoms with Gasteiger partial charge in [-0.2, -0.15) is 0 Å². The Bertz CT molecular complexity index is 1200. The van der Waals surface area contributed by atoms with Crippen LogP contribution in [0.15, 0.2) is 77.7 Å². The van der Waals surface area contributed by atoms with Crippen molar-refractivity contribution in [2.45, 2.75) is 4.90 Å². The summed E-state index contributed by atoms with van der Waals surface area (Å²) in [5, 5.41) is 2.26. The van der Waals surface area contributed by atoms with Gasteiger partial charge in [0, 0.05) is 17.4 Å². The number of para-hydroxylation sites is 1. The van der Waals surface area contributed by atoms with E-state index in [1.807, 2.05) is 0 Å². The van der Waals surface area contributed by atoms with Gasteiger partial charge in [0.25, 0.3) is 15.9 Å². The van der Waals surface area contributed by atoms with Crippen molar-refractivity contribution in [2.24, 2.45) is 0 Å². The molecule has 0 radical (unpaired) electrons. The Balaban J connectivity index is 1.57. The van der Waals surface area contributed by atoms with E-state index in [-0.39, 0.29) is 16.1 Å². The number of anilines is 2. The Hall–Kier alpha value is -3.79. The van der Waals surface area contributed by atoms with Crippen LogP contribution in [0.5, 0.6) is 0 Å². The maximum atomic E-state index is 13.1. The lowest BCUT2D eigenvalue weighted by molar-refractivity contribution is -0.119. The van der Waals surface area contributed by atoms with Crippen molar-refractivity contribution >= 4 is 33.3 Å². The Morgan fingerprint density at radius 3 is 2.16 bits per heavy atom. The number of amides is 1. The molecule has 0 spiro atoms. The second kappa shape index (κ2) is 9.35. The molecule has 3 aromatic carbocycles. The Morgan fingerprint density at radius 1 is 0.839 bits per heavy atom. The fourth-order valence-corrected chi connectivity index (χ4v) is 3.53. The van der Waals surface area contributed by atoms with E-state index in [0.29, 0.717) is 5.69 Å². The van der Waals surface area contributed by atoms with Gasteiger partial charge in [-0.05, 0) is 48.5 Å². The molecule has 0 aromatic heterocycles. The average molecular weight is 446 g/mol. The summed E-state index contributed by atoms with van der Waals surface area (Å²) in [6.45, 7) is -0.673. The average Bonchev–Trinajstić information content (AvgIpc) is 2.75. The molecule has 0 aliphatic carbocycles. The predicted molar refractivity (Wildman–Crippen MR) is 109 cm³/mol. The topological polar surface area (TPSA) is 102 Å². The fraction of sp³-hybridized carbons (Fsp3) is 0.0476. The zero-order valence-electron chi connectivity index (χ0n) is 15.8. The number of esters is 1. The molecule has 0 unspecified atom stereocenters. The number of carbonyl (C=O) groups excluding carboxylic acids is 2. The van der Waals surface area contributed by atoms with Crippen LogP contribution in [-0.4, -0.2) is 26.9 Å². The Labute approximate surface area is 176 Å². The van der Waals surface area contributed by atoms with E-state index in [2.05, 4.69) is 10.0 Å². The van der Waals surface area contributed by atoms with Crippen LogP contribution in [0.3, 0.4) is 0 Å². The number of ether oxygens (including phenoxy) is 1. The lowest BCUT2D eigenvalue weighted by atomic mass is 10.2. The maximum absolute atomic E-state index is 13.1. The van der Waals surface area contributed by atoms with Crippen molar-refractivity contribution in [3.63, 3.8) is 0 Å². The van der Waals surface area contributed by atoms with Crippen LogP contribution < -0.4 is 10.0 Å². The van der Waals surface area contributed by atoms with Crippen LogP contribution in [0.25, 0.3) is 0 Å². The van der Waals surface area contributed by atoms with Crippen LogP contribution >= 0.6 is 0 Å². The summed E-state index contributed by atoms with van der Waals surface area (Å²) >= 11 is 0. The van der Waals surface area contributed by atoms with Gasteiger partial charge in [-0.1, -0.05) is 18.2 Å². The zero-order chi connectivity index (χ0) is 22.4. The highest BCUT2D eigenvalue weighted by atomic mass is 32.2. The van der Waals surface area contributed by atoms with E-state index in [0.717, 1.165) is 18.2 Å². The molecule has 160 valence electrons. The monoisotopic (exact) mass is 446 g/mol. The number of sulfonamides is 1. The summed E-state index contributed by atoms with van der Waals surface area (Å²) in [7, 11) is -3.85. The summed E-state index contributed by atoms with van der Waals surface area (Å²) < 4.78 is 58.1. The molecular weight excluding hydrogens is 430 g/mol. The van der Waals surface area contributed by atoms with E-state index >= 15 is 0 Å². The summed E-state index contributed by atoms with van der Waals surface area (Å²) in [6, 6.07) is 16.0. The lowest BCUT2D eigenvalue weighted by Gasteiger charge is -2.09. The van der Waals surface area contributed by atoms with Crippen LogP contribution in [0.1, 0.15) is 10.4 Å². The van der Waals surface area contributed by atoms with Crippen molar-refractivity contribution in [3.8, 4) is 0 Å². The first-order valence-electron chi connectivity index (χ1n) is 8.84. The summed E-state index contributed by atoms with van der Waals surface area (Å²) in [5.74, 6) is -3.81. The molecule has 31 heavy (non-hydrogen) atoms. The minimum absolute atomic E-state index is 0.000393. The molecule has 0 saturated heterocycles. The highest BCUT2D eigenvalue weighted by Gasteiger charge is 2.16. The molecule has 0 bridgehead atoms. The van der Waals surface area contributed by atoms with Gasteiger partial charge < -0.3 is 10.1 Å². The van der Waals surface area contributed by atoms with Crippen LogP contribution in [0.4, 0.5) is 20.2 Å². The predicted octanol–water partition coefficient (Wildman–Crippen LogP) is 3.56. The Kier molecular flexibility index (Phi) is 6.61. The first kappa shape index (κ1) is 21.9. The van der Waals surface area contributed by atoms with Crippen molar-refractivity contribution < 1.29 is 31.5 Å². The molecule has 10 heteroatoms. The molecular formula is C21H16F2N2O5S. The molecule has 0 saturated carbocycles. The molecule has 0 heterocycles. The van der Waals surface area contributed by atoms with Crippen molar-refractivity contribution in [1.29, 1.82) is 0 Å². The van der Waals surface area contributed by atoms with Gasteiger partial charge in [0.2, 0.25) is 0 Å². The number of hydrogen-bond donors (Lipinski definition) is 2. The van der Waals surface area contributed by atoms with E-state index in [9.17, 15) is 26.8 Å². The summed E-state index contributed by atoms with van der Waals surface area (Å²) in [5.41, 5.74) is 0.415. The number of halogens is 2. The van der Waals surface area contributed by atoms with E-state index < -0.39 is 40.1 Å². The smallest absolute Gasteiger partial charge is 0.338 e. The summed E-state index contributed by atoms with van der Waals surface area (Å²) in [6.07, 6.45) is 0. The minimum Gasteiger partial charge on any atom is -0.452 e. The van der Waals surface area contributed by atoms with E-state index in [4.69, 9.17) is 4.74 Å². The van der Waals surface area contributed by atoms with Gasteiger partial charge in [-0.3, -0.25) is 9.52 Å². The molecule has 3 rings (SSSR count). The number of carbonyl (C=O) groups is 2. The summed E-state index contributed by atoms with van der Waals surface area (Å²) in [4.78, 5) is 23.8. The van der Waals surface area contributed by atoms with Crippen LogP contribution in [0.2, 0.25) is 0 Å². The van der Waals surface area contributed by atoms with Gasteiger partial charge in [-0.25, -0.2) is 22.0 Å². The highest BCUT2D eigenvalue weighted by molar-refractivity contribution is 7.92. The first-order valence-corrected chi connectivity index (χ1v) is 10.3. The molecule has 0 aliphatic heterocycles. The van der Waals surface area contributed by atoms with Crippen molar-refractivity contribution in [2.75, 3.05) is 16.6 Å². The number of hydrogen-bond acceptors (Lipinski definition) is 5. The number of nitrogens with one attached hydrogen (secondary N) is 2. The van der Waals surface area contributed by atoms with Gasteiger partial charge in [0.05, 0.1) is 10.5 Å². The molecule has 7 nitrogen and oxygen atoms in total. The van der Waals surface area contributed by atoms with Gasteiger partial charge in [-0.15, -0.1) is 0 Å². The van der Waals surface area contributed by atoms with Gasteiger partial charge in [0.1, 0.15) is 0 Å². The molecule has 0 fully saturated rings. The molecule has 3 aromatic rings. The maximum Gasteiger partial charge on any atom is 0.338 e. The first-order chi connectivity index (χ1) is 14.7. The molecule has 0 atom stereocenters. The SMILES string of the molecule is O=C(COC(=O)c1ccc(S(=O)(=O)Nc2ccccc2)cc1)Nc1ccc(F)c(F)c1. The van der Waals surface area contributed by atoms with Gasteiger partial charge >= 0.3 is 5.97 Å². The van der Waals surface area contributed by atoms with E-state index in [1.54, 1.807) is 30.3 Å². The second-order valence-corrected chi connectivity index (χ2v) is 7.93. The lowest BCUT2D eigenvalue weighted by Crippen LogP contribution is -2.21. The fourth-order valence-electron chi connectivity index (χ4n) is 2.48. The Morgan fingerprint density at radius 2 is 1.52 bits per heavy atom. The second-order valence-electron chi connectivity index (χ2n) is 6.25. The van der Waals surface area contributed by atoms with Crippen molar-refractivity contribution in [3.05, 3.63) is 90.0 Å². The molecule has 2 N–H and O–H groups in total. The van der Waals surface area contributed by atoms with Crippen molar-refractivity contribution in [1.82, 2.24) is 0 Å². The van der Waals surface area contributed by atoms with Gasteiger partial charge in [0.15, 0.2) is 18.2 Å². The van der Waals surface area contributed by atoms with E-state index in [1.165, 1.54) is 24.3 Å². The molecule has 1 amide bonds.